The van der Waals surface area contributed by atoms with Crippen LogP contribution in [0.5, 0.6) is 5.75 Å². The van der Waals surface area contributed by atoms with Gasteiger partial charge in [-0.1, -0.05) is 22.9 Å². The molecule has 1 aliphatic heterocycles. The van der Waals surface area contributed by atoms with E-state index in [1.165, 1.54) is 0 Å². The molecule has 1 N–H and O–H groups in total. The fourth-order valence-corrected chi connectivity index (χ4v) is 2.33. The lowest BCUT2D eigenvalue weighted by atomic mass is 10.0. The molecule has 23 heavy (non-hydrogen) atoms. The van der Waals surface area contributed by atoms with Crippen LogP contribution in [-0.4, -0.2) is 24.8 Å². The Hall–Kier alpha value is -2.82. The Bertz CT molecular complexity index is 721. The summed E-state index contributed by atoms with van der Waals surface area (Å²) >= 11 is 0. The number of rotatable bonds is 4. The molecular formula is C18H18N2O3. The monoisotopic (exact) mass is 310 g/mol. The molecule has 2 aromatic rings. The van der Waals surface area contributed by atoms with Crippen molar-refractivity contribution in [3.63, 3.8) is 0 Å². The number of nitrogens with one attached hydrogen (secondary N) is 1. The Morgan fingerprint density at radius 3 is 2.52 bits per heavy atom. The van der Waals surface area contributed by atoms with E-state index in [9.17, 15) is 4.79 Å². The maximum absolute atomic E-state index is 12.2. The van der Waals surface area contributed by atoms with E-state index in [4.69, 9.17) is 9.57 Å². The van der Waals surface area contributed by atoms with Gasteiger partial charge in [0.05, 0.1) is 12.8 Å². The number of hydrogen-bond acceptors (Lipinski definition) is 4. The van der Waals surface area contributed by atoms with Gasteiger partial charge in [0.2, 0.25) is 6.10 Å². The minimum atomic E-state index is -0.603. The fraction of sp³-hybridized carbons (Fsp3) is 0.222. The van der Waals surface area contributed by atoms with Gasteiger partial charge in [-0.25, -0.2) is 0 Å². The minimum absolute atomic E-state index is 0.193. The van der Waals surface area contributed by atoms with E-state index in [-0.39, 0.29) is 5.91 Å². The third-order valence-electron chi connectivity index (χ3n) is 3.70. The van der Waals surface area contributed by atoms with Gasteiger partial charge in [-0.3, -0.25) is 4.79 Å². The van der Waals surface area contributed by atoms with Gasteiger partial charge in [0, 0.05) is 12.1 Å². The van der Waals surface area contributed by atoms with Crippen molar-refractivity contribution < 1.29 is 14.4 Å². The number of ether oxygens (including phenoxy) is 1. The third kappa shape index (κ3) is 3.51. The van der Waals surface area contributed by atoms with E-state index in [1.807, 2.05) is 55.5 Å². The van der Waals surface area contributed by atoms with Crippen LogP contribution >= 0.6 is 0 Å². The molecule has 0 aromatic heterocycles. The number of benzene rings is 2. The quantitative estimate of drug-likeness (QED) is 0.944. The van der Waals surface area contributed by atoms with Gasteiger partial charge in [-0.05, 0) is 48.9 Å². The van der Waals surface area contributed by atoms with Crippen LogP contribution in [0.15, 0.2) is 53.7 Å². The van der Waals surface area contributed by atoms with Crippen LogP contribution in [0.4, 0.5) is 5.69 Å². The summed E-state index contributed by atoms with van der Waals surface area (Å²) in [6.45, 7) is 2.00. The maximum atomic E-state index is 12.2. The van der Waals surface area contributed by atoms with Crippen molar-refractivity contribution in [2.45, 2.75) is 19.4 Å². The van der Waals surface area contributed by atoms with Gasteiger partial charge in [-0.2, -0.15) is 0 Å². The number of carbonyl (C=O) groups excluding carboxylic acids is 1. The number of hydrogen-bond donors (Lipinski definition) is 1. The summed E-state index contributed by atoms with van der Waals surface area (Å²) < 4.78 is 5.13. The summed E-state index contributed by atoms with van der Waals surface area (Å²) in [6.07, 6.45) is -0.155. The number of oxime groups is 1. The number of carbonyl (C=O) groups is 1. The highest BCUT2D eigenvalue weighted by atomic mass is 16.6. The fourth-order valence-electron chi connectivity index (χ4n) is 2.33. The maximum Gasteiger partial charge on any atom is 0.268 e. The lowest BCUT2D eigenvalue weighted by Gasteiger charge is -2.09. The molecule has 0 radical (unpaired) electrons. The van der Waals surface area contributed by atoms with Crippen molar-refractivity contribution in [1.29, 1.82) is 0 Å². The van der Waals surface area contributed by atoms with Crippen molar-refractivity contribution >= 4 is 17.3 Å². The van der Waals surface area contributed by atoms with Crippen LogP contribution in [0.2, 0.25) is 0 Å². The molecule has 0 aliphatic carbocycles. The normalized spacial score (nSPS) is 16.4. The topological polar surface area (TPSA) is 59.9 Å². The van der Waals surface area contributed by atoms with Gasteiger partial charge in [0.15, 0.2) is 0 Å². The predicted octanol–water partition coefficient (Wildman–Crippen LogP) is 3.14. The second kappa shape index (κ2) is 6.52. The molecular weight excluding hydrogens is 292 g/mol. The predicted molar refractivity (Wildman–Crippen MR) is 88.8 cm³/mol. The third-order valence-corrected chi connectivity index (χ3v) is 3.70. The molecule has 5 nitrogen and oxygen atoms in total. The summed E-state index contributed by atoms with van der Waals surface area (Å²) in [7, 11) is 1.62. The smallest absolute Gasteiger partial charge is 0.268 e. The minimum Gasteiger partial charge on any atom is -0.497 e. The van der Waals surface area contributed by atoms with Crippen molar-refractivity contribution in [1.82, 2.24) is 0 Å². The number of methoxy groups -OCH3 is 1. The van der Waals surface area contributed by atoms with Crippen LogP contribution in [0.25, 0.3) is 0 Å². The first-order chi connectivity index (χ1) is 11.2. The molecule has 0 bridgehead atoms. The van der Waals surface area contributed by atoms with Crippen molar-refractivity contribution in [2.24, 2.45) is 5.16 Å². The molecule has 1 heterocycles. The van der Waals surface area contributed by atoms with E-state index in [0.29, 0.717) is 6.42 Å². The Balaban J connectivity index is 1.61. The Morgan fingerprint density at radius 2 is 1.87 bits per heavy atom. The van der Waals surface area contributed by atoms with E-state index in [2.05, 4.69) is 10.5 Å². The van der Waals surface area contributed by atoms with Crippen molar-refractivity contribution in [3.8, 4) is 5.75 Å². The van der Waals surface area contributed by atoms with E-state index >= 15 is 0 Å². The molecule has 0 saturated heterocycles. The first-order valence-electron chi connectivity index (χ1n) is 7.40. The Morgan fingerprint density at radius 1 is 1.17 bits per heavy atom. The van der Waals surface area contributed by atoms with Crippen LogP contribution in [-0.2, 0) is 9.63 Å². The second-order valence-electron chi connectivity index (χ2n) is 5.42. The summed E-state index contributed by atoms with van der Waals surface area (Å²) in [5.74, 6) is 0.586. The summed E-state index contributed by atoms with van der Waals surface area (Å²) in [4.78, 5) is 17.5. The largest absolute Gasteiger partial charge is 0.497 e. The standard InChI is InChI=1S/C18H18N2O3/c1-12-3-7-14(8-4-12)19-18(21)17-11-16(20-23-17)13-5-9-15(22-2)10-6-13/h3-10,17H,11H2,1-2H3,(H,19,21)/t17-/m0/s1. The molecule has 5 heteroatoms. The second-order valence-corrected chi connectivity index (χ2v) is 5.42. The Labute approximate surface area is 134 Å². The van der Waals surface area contributed by atoms with Crippen molar-refractivity contribution in [3.05, 3.63) is 59.7 Å². The summed E-state index contributed by atoms with van der Waals surface area (Å²) in [5, 5.41) is 6.88. The molecule has 3 rings (SSSR count). The number of aryl methyl sites for hydroxylation is 1. The van der Waals surface area contributed by atoms with Gasteiger partial charge in [-0.15, -0.1) is 0 Å². The van der Waals surface area contributed by atoms with Gasteiger partial charge < -0.3 is 14.9 Å². The highest BCUT2D eigenvalue weighted by molar-refractivity contribution is 6.06. The SMILES string of the molecule is COc1ccc(C2=NO[C@H](C(=O)Nc3ccc(C)cc3)C2)cc1. The number of amides is 1. The molecule has 118 valence electrons. The van der Waals surface area contributed by atoms with E-state index < -0.39 is 6.10 Å². The van der Waals surface area contributed by atoms with Gasteiger partial charge in [0.25, 0.3) is 5.91 Å². The lowest BCUT2D eigenvalue weighted by molar-refractivity contribution is -0.125. The lowest BCUT2D eigenvalue weighted by Crippen LogP contribution is -2.28. The van der Waals surface area contributed by atoms with Gasteiger partial charge >= 0.3 is 0 Å². The molecule has 0 unspecified atom stereocenters. The number of nitrogens with zero attached hydrogens (tertiary/aromatic N) is 1. The average molecular weight is 310 g/mol. The van der Waals surface area contributed by atoms with Crippen LogP contribution < -0.4 is 10.1 Å². The summed E-state index contributed by atoms with van der Waals surface area (Å²) in [5.41, 5.74) is 3.58. The molecule has 0 saturated carbocycles. The molecule has 2 aromatic carbocycles. The average Bonchev–Trinajstić information content (AvgIpc) is 3.07. The Kier molecular flexibility index (Phi) is 4.28. The van der Waals surface area contributed by atoms with Crippen LogP contribution in [0.3, 0.4) is 0 Å². The van der Waals surface area contributed by atoms with E-state index in [0.717, 1.165) is 28.3 Å². The van der Waals surface area contributed by atoms with Gasteiger partial charge in [0.1, 0.15) is 5.75 Å². The molecule has 1 aliphatic rings. The zero-order valence-corrected chi connectivity index (χ0v) is 13.1. The zero-order valence-electron chi connectivity index (χ0n) is 13.1. The van der Waals surface area contributed by atoms with Crippen LogP contribution in [0, 0.1) is 6.92 Å². The highest BCUT2D eigenvalue weighted by Gasteiger charge is 2.28. The molecule has 1 amide bonds. The molecule has 0 spiro atoms. The first kappa shape index (κ1) is 15.1. The molecule has 0 fully saturated rings. The highest BCUT2D eigenvalue weighted by Crippen LogP contribution is 2.20. The van der Waals surface area contributed by atoms with Crippen LogP contribution in [0.1, 0.15) is 17.5 Å². The number of anilines is 1. The molecule has 1 atom stereocenters. The first-order valence-corrected chi connectivity index (χ1v) is 7.40. The summed E-state index contributed by atoms with van der Waals surface area (Å²) in [6, 6.07) is 15.2. The van der Waals surface area contributed by atoms with Crippen molar-refractivity contribution in [2.75, 3.05) is 12.4 Å². The van der Waals surface area contributed by atoms with E-state index in [1.54, 1.807) is 7.11 Å². The zero-order chi connectivity index (χ0) is 16.2.